The Balaban J connectivity index is 1.61. The zero-order valence-corrected chi connectivity index (χ0v) is 22.1. The van der Waals surface area contributed by atoms with E-state index in [1.54, 1.807) is 43.3 Å². The number of hydroxylamine groups is 2. The van der Waals surface area contributed by atoms with Crippen molar-refractivity contribution in [3.8, 4) is 11.1 Å². The zero-order valence-electron chi connectivity index (χ0n) is 21.3. The fourth-order valence-corrected chi connectivity index (χ4v) is 5.94. The van der Waals surface area contributed by atoms with Gasteiger partial charge in [-0.2, -0.15) is 17.5 Å². The lowest BCUT2D eigenvalue weighted by atomic mass is 10.0. The molecule has 0 aliphatic carbocycles. The normalized spacial score (nSPS) is 16.5. The molecule has 4 N–H and O–H groups in total. The summed E-state index contributed by atoms with van der Waals surface area (Å²) in [7, 11) is -3.66. The topological polar surface area (TPSA) is 131 Å². The van der Waals surface area contributed by atoms with Crippen molar-refractivity contribution in [1.29, 1.82) is 0 Å². The van der Waals surface area contributed by atoms with Crippen molar-refractivity contribution in [3.63, 3.8) is 0 Å². The molecule has 2 aromatic carbocycles. The number of amidine groups is 1. The van der Waals surface area contributed by atoms with Crippen LogP contribution in [0.25, 0.3) is 17.2 Å². The van der Waals surface area contributed by atoms with E-state index in [-0.39, 0.29) is 35.2 Å². The van der Waals surface area contributed by atoms with Gasteiger partial charge in [-0.1, -0.05) is 31.2 Å². The second-order valence-corrected chi connectivity index (χ2v) is 11.4. The molecule has 2 heterocycles. The Bertz CT molecular complexity index is 1400. The van der Waals surface area contributed by atoms with E-state index in [2.05, 4.69) is 4.99 Å². The summed E-state index contributed by atoms with van der Waals surface area (Å²) >= 11 is 0. The number of aliphatic imine (C=N–C) groups is 1. The SMILES string of the molecule is CCCN(OCC(F)(F)F)C(=O)C1=Cc2ccc(-c3cccc(S(=O)(=O)N4CC(CN)C4)c3)cc2N=C(N)C1. The van der Waals surface area contributed by atoms with Crippen LogP contribution in [0.1, 0.15) is 25.3 Å². The molecule has 0 atom stereocenters. The fourth-order valence-electron chi connectivity index (χ4n) is 4.30. The molecule has 0 aromatic heterocycles. The first-order valence-electron chi connectivity index (χ1n) is 12.4. The first kappa shape index (κ1) is 28.7. The highest BCUT2D eigenvalue weighted by atomic mass is 32.2. The Hall–Kier alpha value is -3.26. The van der Waals surface area contributed by atoms with Gasteiger partial charge in [-0.05, 0) is 54.3 Å². The molecule has 2 aliphatic rings. The molecule has 2 aromatic rings. The molecular weight excluding hydrogens is 535 g/mol. The van der Waals surface area contributed by atoms with E-state index in [1.807, 2.05) is 0 Å². The monoisotopic (exact) mass is 565 g/mol. The molecule has 2 aliphatic heterocycles. The number of halogens is 3. The molecule has 4 rings (SSSR count). The molecule has 1 amide bonds. The van der Waals surface area contributed by atoms with Gasteiger partial charge >= 0.3 is 6.18 Å². The van der Waals surface area contributed by atoms with Crippen LogP contribution >= 0.6 is 0 Å². The maximum Gasteiger partial charge on any atom is 0.414 e. The third kappa shape index (κ3) is 6.67. The maximum atomic E-state index is 13.0. The number of sulfonamides is 1. The lowest BCUT2D eigenvalue weighted by Gasteiger charge is -2.37. The third-order valence-corrected chi connectivity index (χ3v) is 8.20. The van der Waals surface area contributed by atoms with E-state index < -0.39 is 28.7 Å². The molecule has 0 bridgehead atoms. The van der Waals surface area contributed by atoms with E-state index in [4.69, 9.17) is 16.3 Å². The van der Waals surface area contributed by atoms with Crippen LogP contribution in [0.3, 0.4) is 0 Å². The number of amides is 1. The summed E-state index contributed by atoms with van der Waals surface area (Å²) in [4.78, 5) is 22.4. The lowest BCUT2D eigenvalue weighted by molar-refractivity contribution is -0.245. The van der Waals surface area contributed by atoms with E-state index in [9.17, 15) is 26.4 Å². The predicted octanol–water partition coefficient (Wildman–Crippen LogP) is 3.44. The fraction of sp³-hybridized carbons (Fsp3) is 0.385. The number of rotatable bonds is 9. The van der Waals surface area contributed by atoms with Crippen molar-refractivity contribution in [3.05, 3.63) is 53.6 Å². The Morgan fingerprint density at radius 3 is 2.56 bits per heavy atom. The van der Waals surface area contributed by atoms with Gasteiger partial charge in [0.15, 0.2) is 6.61 Å². The van der Waals surface area contributed by atoms with Crippen molar-refractivity contribution < 1.29 is 31.2 Å². The average molecular weight is 566 g/mol. The van der Waals surface area contributed by atoms with Crippen molar-refractivity contribution >= 4 is 33.5 Å². The maximum absolute atomic E-state index is 13.0. The van der Waals surface area contributed by atoms with Crippen molar-refractivity contribution in [2.75, 3.05) is 32.8 Å². The zero-order chi connectivity index (χ0) is 28.4. The molecule has 210 valence electrons. The largest absolute Gasteiger partial charge is 0.414 e. The van der Waals surface area contributed by atoms with Crippen LogP contribution in [0.4, 0.5) is 18.9 Å². The minimum atomic E-state index is -4.59. The summed E-state index contributed by atoms with van der Waals surface area (Å²) in [5.41, 5.74) is 14.1. The number of hydrogen-bond acceptors (Lipinski definition) is 7. The van der Waals surface area contributed by atoms with Gasteiger partial charge in [0.1, 0.15) is 5.84 Å². The standard InChI is InChI=1S/C26H30F3N5O4S/c1-2-8-34(38-16-26(27,28)29)25(35)21-9-20-7-6-19(11-23(20)32-24(31)12-21)18-4-3-5-22(10-18)39(36,37)33-14-17(13-30)15-33/h3-7,9-11,17H,2,8,12-16,30H2,1H3,(H2,31,32). The summed E-state index contributed by atoms with van der Waals surface area (Å²) in [6.45, 7) is 1.31. The number of hydrogen-bond donors (Lipinski definition) is 2. The Morgan fingerprint density at radius 2 is 1.90 bits per heavy atom. The summed E-state index contributed by atoms with van der Waals surface area (Å²) in [6, 6.07) is 11.7. The predicted molar refractivity (Wildman–Crippen MR) is 141 cm³/mol. The van der Waals surface area contributed by atoms with Gasteiger partial charge in [-0.25, -0.2) is 18.5 Å². The first-order valence-corrected chi connectivity index (χ1v) is 13.8. The number of nitrogens with two attached hydrogens (primary N) is 2. The van der Waals surface area contributed by atoms with Crippen molar-refractivity contribution in [2.45, 2.75) is 30.8 Å². The van der Waals surface area contributed by atoms with Gasteiger partial charge in [0.2, 0.25) is 10.0 Å². The van der Waals surface area contributed by atoms with Crippen LogP contribution in [-0.2, 0) is 19.7 Å². The van der Waals surface area contributed by atoms with E-state index in [0.29, 0.717) is 53.5 Å². The van der Waals surface area contributed by atoms with Crippen LogP contribution in [0, 0.1) is 5.92 Å². The van der Waals surface area contributed by atoms with Crippen LogP contribution < -0.4 is 11.5 Å². The van der Waals surface area contributed by atoms with Gasteiger partial charge in [-0.3, -0.25) is 9.63 Å². The molecule has 0 radical (unpaired) electrons. The molecule has 1 fully saturated rings. The molecule has 0 unspecified atom stereocenters. The van der Waals surface area contributed by atoms with E-state index >= 15 is 0 Å². The molecule has 1 saturated heterocycles. The number of carbonyl (C=O) groups excluding carboxylic acids is 1. The number of alkyl halides is 3. The molecule has 13 heteroatoms. The number of carbonyl (C=O) groups is 1. The summed E-state index contributed by atoms with van der Waals surface area (Å²) in [6.07, 6.45) is -2.75. The Morgan fingerprint density at radius 1 is 1.18 bits per heavy atom. The van der Waals surface area contributed by atoms with Crippen LogP contribution in [0.5, 0.6) is 0 Å². The summed E-state index contributed by atoms with van der Waals surface area (Å²) < 4.78 is 65.5. The quantitative estimate of drug-likeness (QED) is 0.448. The van der Waals surface area contributed by atoms with Crippen molar-refractivity contribution in [1.82, 2.24) is 9.37 Å². The van der Waals surface area contributed by atoms with Crippen molar-refractivity contribution in [2.24, 2.45) is 22.4 Å². The molecular formula is C26H30F3N5O4S. The van der Waals surface area contributed by atoms with Gasteiger partial charge in [0.05, 0.1) is 10.6 Å². The van der Waals surface area contributed by atoms with Gasteiger partial charge < -0.3 is 11.5 Å². The van der Waals surface area contributed by atoms with Gasteiger partial charge in [0, 0.05) is 37.2 Å². The average Bonchev–Trinajstić information content (AvgIpc) is 3.02. The number of nitrogens with zero attached hydrogens (tertiary/aromatic N) is 3. The summed E-state index contributed by atoms with van der Waals surface area (Å²) in [5, 5.41) is 0.700. The lowest BCUT2D eigenvalue weighted by Crippen LogP contribution is -2.52. The minimum Gasteiger partial charge on any atom is -0.387 e. The Labute approximate surface area is 224 Å². The van der Waals surface area contributed by atoms with Crippen LogP contribution in [0.15, 0.2) is 57.9 Å². The first-order chi connectivity index (χ1) is 18.4. The number of fused-ring (bicyclic) bond motifs is 1. The molecule has 0 spiro atoms. The minimum absolute atomic E-state index is 0.0291. The summed E-state index contributed by atoms with van der Waals surface area (Å²) in [5.74, 6) is -0.468. The van der Waals surface area contributed by atoms with E-state index in [1.165, 1.54) is 16.4 Å². The third-order valence-electron chi connectivity index (χ3n) is 6.37. The number of benzene rings is 2. The van der Waals surface area contributed by atoms with Crippen LogP contribution in [-0.4, -0.2) is 68.5 Å². The van der Waals surface area contributed by atoms with Gasteiger partial charge in [0.25, 0.3) is 5.91 Å². The second-order valence-electron chi connectivity index (χ2n) is 9.47. The molecule has 9 nitrogen and oxygen atoms in total. The highest BCUT2D eigenvalue weighted by Gasteiger charge is 2.36. The highest BCUT2D eigenvalue weighted by molar-refractivity contribution is 7.89. The Kier molecular flexibility index (Phi) is 8.45. The highest BCUT2D eigenvalue weighted by Crippen LogP contribution is 2.34. The van der Waals surface area contributed by atoms with E-state index in [0.717, 1.165) is 0 Å². The second kappa shape index (κ2) is 11.5. The molecule has 39 heavy (non-hydrogen) atoms. The van der Waals surface area contributed by atoms with Crippen LogP contribution in [0.2, 0.25) is 0 Å². The smallest absolute Gasteiger partial charge is 0.387 e. The molecule has 0 saturated carbocycles. The van der Waals surface area contributed by atoms with Gasteiger partial charge in [-0.15, -0.1) is 0 Å².